The number of fused-ring (bicyclic) bond motifs is 1. The lowest BCUT2D eigenvalue weighted by Crippen LogP contribution is -2.45. The van der Waals surface area contributed by atoms with E-state index in [2.05, 4.69) is 25.6 Å². The number of H-pyrrole nitrogens is 1. The fourth-order valence-corrected chi connectivity index (χ4v) is 4.73. The van der Waals surface area contributed by atoms with E-state index in [9.17, 15) is 9.18 Å². The lowest BCUT2D eigenvalue weighted by Gasteiger charge is -2.32. The number of aromatic amines is 1. The molecule has 0 spiro atoms. The van der Waals surface area contributed by atoms with E-state index in [4.69, 9.17) is 11.6 Å². The Morgan fingerprint density at radius 2 is 1.85 bits per heavy atom. The molecule has 1 aliphatic rings. The molecule has 1 saturated carbocycles. The summed E-state index contributed by atoms with van der Waals surface area (Å²) >= 11 is 6.43. The Morgan fingerprint density at radius 1 is 1.09 bits per heavy atom. The van der Waals surface area contributed by atoms with Gasteiger partial charge >= 0.3 is 0 Å². The smallest absolute Gasteiger partial charge is 0.251 e. The molecular formula is C26H25ClFN5O. The summed E-state index contributed by atoms with van der Waals surface area (Å²) in [7, 11) is 0. The second kappa shape index (κ2) is 9.43. The van der Waals surface area contributed by atoms with Gasteiger partial charge in [0.25, 0.3) is 5.91 Å². The fraction of sp³-hybridized carbons (Fsp3) is 0.269. The first-order valence-electron chi connectivity index (χ1n) is 11.3. The highest BCUT2D eigenvalue weighted by Crippen LogP contribution is 2.33. The average Bonchev–Trinajstić information content (AvgIpc) is 3.24. The number of nitrogens with one attached hydrogen (secondary N) is 3. The number of nitrogens with zero attached hydrogens (tertiary/aromatic N) is 2. The maximum Gasteiger partial charge on any atom is 0.251 e. The summed E-state index contributed by atoms with van der Waals surface area (Å²) in [5.41, 5.74) is 4.12. The average molecular weight is 478 g/mol. The number of alkyl halides is 1. The van der Waals surface area contributed by atoms with Crippen molar-refractivity contribution < 1.29 is 9.18 Å². The number of carbonyl (C=O) groups is 1. The van der Waals surface area contributed by atoms with Gasteiger partial charge in [0, 0.05) is 40.3 Å². The number of para-hydroxylation sites is 1. The van der Waals surface area contributed by atoms with E-state index in [1.807, 2.05) is 49.5 Å². The van der Waals surface area contributed by atoms with E-state index < -0.39 is 6.17 Å². The van der Waals surface area contributed by atoms with E-state index in [-0.39, 0.29) is 24.4 Å². The van der Waals surface area contributed by atoms with Crippen LogP contribution in [0.25, 0.3) is 22.2 Å². The van der Waals surface area contributed by atoms with Crippen LogP contribution in [0.3, 0.4) is 0 Å². The minimum atomic E-state index is -1.03. The Balaban J connectivity index is 1.31. The molecule has 2 aromatic carbocycles. The maximum absolute atomic E-state index is 14.6. The number of halogens is 2. The zero-order valence-electron chi connectivity index (χ0n) is 18.7. The number of carbonyl (C=O) groups excluding carboxylic acids is 1. The van der Waals surface area contributed by atoms with Crippen molar-refractivity contribution in [2.45, 2.75) is 44.4 Å². The summed E-state index contributed by atoms with van der Waals surface area (Å²) in [4.78, 5) is 24.8. The van der Waals surface area contributed by atoms with Gasteiger partial charge < -0.3 is 15.6 Å². The highest BCUT2D eigenvalue weighted by atomic mass is 35.5. The van der Waals surface area contributed by atoms with Crippen molar-refractivity contribution in [3.8, 4) is 11.3 Å². The summed E-state index contributed by atoms with van der Waals surface area (Å²) in [5.74, 6) is 0.189. The minimum Gasteiger partial charge on any atom is -0.360 e. The van der Waals surface area contributed by atoms with Gasteiger partial charge in [-0.25, -0.2) is 14.4 Å². The van der Waals surface area contributed by atoms with Crippen molar-refractivity contribution in [3.63, 3.8) is 0 Å². The Morgan fingerprint density at radius 3 is 2.68 bits per heavy atom. The number of rotatable bonds is 5. The van der Waals surface area contributed by atoms with Crippen molar-refractivity contribution in [2.75, 3.05) is 5.32 Å². The van der Waals surface area contributed by atoms with Crippen LogP contribution in [0.5, 0.6) is 0 Å². The van der Waals surface area contributed by atoms with Crippen LogP contribution in [0.1, 0.15) is 35.2 Å². The number of amides is 1. The molecule has 174 valence electrons. The van der Waals surface area contributed by atoms with Crippen LogP contribution in [0.4, 0.5) is 10.3 Å². The van der Waals surface area contributed by atoms with E-state index in [1.54, 1.807) is 18.3 Å². The van der Waals surface area contributed by atoms with Gasteiger partial charge in [-0.1, -0.05) is 47.5 Å². The molecule has 0 radical (unpaired) electrons. The highest BCUT2D eigenvalue weighted by molar-refractivity contribution is 6.33. The second-order valence-electron chi connectivity index (χ2n) is 8.82. The Hall–Kier alpha value is -3.45. The predicted molar refractivity (Wildman–Crippen MR) is 133 cm³/mol. The fourth-order valence-electron chi connectivity index (χ4n) is 4.53. The highest BCUT2D eigenvalue weighted by Gasteiger charge is 2.30. The lowest BCUT2D eigenvalue weighted by molar-refractivity contribution is 0.0909. The summed E-state index contributed by atoms with van der Waals surface area (Å²) in [6, 6.07) is 14.8. The molecule has 0 unspecified atom stereocenters. The number of aromatic nitrogens is 3. The molecule has 1 fully saturated rings. The molecule has 5 rings (SSSR count). The van der Waals surface area contributed by atoms with Crippen LogP contribution >= 0.6 is 11.6 Å². The summed E-state index contributed by atoms with van der Waals surface area (Å²) in [6.07, 6.45) is 3.59. The number of hydrogen-bond acceptors (Lipinski definition) is 4. The molecule has 0 saturated heterocycles. The van der Waals surface area contributed by atoms with Gasteiger partial charge in [0.15, 0.2) is 0 Å². The number of aryl methyl sites for hydroxylation is 1. The zero-order valence-corrected chi connectivity index (χ0v) is 19.4. The number of hydrogen-bond donors (Lipinski definition) is 3. The Bertz CT molecular complexity index is 1320. The topological polar surface area (TPSA) is 82.7 Å². The van der Waals surface area contributed by atoms with Crippen LogP contribution in [0.2, 0.25) is 5.02 Å². The van der Waals surface area contributed by atoms with Gasteiger partial charge in [0.1, 0.15) is 6.17 Å². The Kier molecular flexibility index (Phi) is 6.20. The van der Waals surface area contributed by atoms with E-state index in [0.717, 1.165) is 22.0 Å². The third-order valence-electron chi connectivity index (χ3n) is 6.22. The lowest BCUT2D eigenvalue weighted by atomic mass is 9.89. The third kappa shape index (κ3) is 4.75. The second-order valence-corrected chi connectivity index (χ2v) is 9.23. The van der Waals surface area contributed by atoms with Gasteiger partial charge in [-0.2, -0.15) is 0 Å². The van der Waals surface area contributed by atoms with Gasteiger partial charge in [-0.15, -0.1) is 0 Å². The van der Waals surface area contributed by atoms with Crippen LogP contribution in [0, 0.1) is 6.92 Å². The normalized spacial score (nSPS) is 20.3. The summed E-state index contributed by atoms with van der Waals surface area (Å²) in [5, 5.41) is 7.68. The molecule has 6 nitrogen and oxygen atoms in total. The molecule has 4 aromatic rings. The first-order chi connectivity index (χ1) is 16.5. The molecule has 2 aromatic heterocycles. The maximum atomic E-state index is 14.6. The standard InChI is InChI=1S/C26H25ClFN5O/c1-15-6-8-16(9-7-15)25(34)31-18-10-17(28)11-19(12-18)32-26-30-14-22(27)24(33-26)21-13-29-23-5-3-2-4-20(21)23/h2-9,13-14,17-19,29H,10-12H2,1H3,(H,31,34)(H,30,32,33)/t17-,18+,19-/m1/s1. The SMILES string of the molecule is Cc1ccc(C(=O)N[C@H]2C[C@@H](F)C[C@@H](Nc3ncc(Cl)c(-c4c[nH]c5ccccc45)n3)C2)cc1. The van der Waals surface area contributed by atoms with Crippen molar-refractivity contribution in [2.24, 2.45) is 0 Å². The molecule has 1 aliphatic carbocycles. The van der Waals surface area contributed by atoms with Crippen molar-refractivity contribution in [3.05, 3.63) is 77.1 Å². The first kappa shape index (κ1) is 22.3. The van der Waals surface area contributed by atoms with Crippen LogP contribution in [-0.2, 0) is 0 Å². The predicted octanol–water partition coefficient (Wildman–Crippen LogP) is 5.69. The van der Waals surface area contributed by atoms with Crippen molar-refractivity contribution >= 4 is 34.4 Å². The van der Waals surface area contributed by atoms with E-state index in [0.29, 0.717) is 35.1 Å². The molecular weight excluding hydrogens is 453 g/mol. The third-order valence-corrected chi connectivity index (χ3v) is 6.50. The quantitative estimate of drug-likeness (QED) is 0.345. The monoisotopic (exact) mass is 477 g/mol. The molecule has 2 heterocycles. The number of benzene rings is 2. The zero-order chi connectivity index (χ0) is 23.7. The summed E-state index contributed by atoms with van der Waals surface area (Å²) < 4.78 is 14.6. The van der Waals surface area contributed by atoms with Crippen molar-refractivity contribution in [1.29, 1.82) is 0 Å². The molecule has 8 heteroatoms. The van der Waals surface area contributed by atoms with Crippen LogP contribution in [0.15, 0.2) is 60.9 Å². The van der Waals surface area contributed by atoms with E-state index >= 15 is 0 Å². The van der Waals surface area contributed by atoms with Gasteiger partial charge in [0.2, 0.25) is 5.95 Å². The van der Waals surface area contributed by atoms with Gasteiger partial charge in [-0.05, 0) is 44.4 Å². The molecule has 3 N–H and O–H groups in total. The number of anilines is 1. The molecule has 34 heavy (non-hydrogen) atoms. The Labute approximate surface area is 202 Å². The van der Waals surface area contributed by atoms with Gasteiger partial charge in [-0.3, -0.25) is 4.79 Å². The molecule has 0 bridgehead atoms. The van der Waals surface area contributed by atoms with Crippen molar-refractivity contribution in [1.82, 2.24) is 20.3 Å². The molecule has 3 atom stereocenters. The summed E-state index contributed by atoms with van der Waals surface area (Å²) in [6.45, 7) is 1.97. The van der Waals surface area contributed by atoms with Crippen LogP contribution in [-0.4, -0.2) is 39.1 Å². The van der Waals surface area contributed by atoms with E-state index in [1.165, 1.54) is 0 Å². The first-order valence-corrected chi connectivity index (χ1v) is 11.7. The molecule has 1 amide bonds. The largest absolute Gasteiger partial charge is 0.360 e. The molecule has 0 aliphatic heterocycles. The van der Waals surface area contributed by atoms with Crippen LogP contribution < -0.4 is 10.6 Å². The van der Waals surface area contributed by atoms with Gasteiger partial charge in [0.05, 0.1) is 16.9 Å². The minimum absolute atomic E-state index is 0.192.